The second-order valence-electron chi connectivity index (χ2n) is 12.4. The molecule has 3 N–H and O–H groups in total. The van der Waals surface area contributed by atoms with E-state index in [0.717, 1.165) is 29.4 Å². The lowest BCUT2D eigenvalue weighted by atomic mass is 9.84. The number of carbonyl (C=O) groups is 2. The van der Waals surface area contributed by atoms with Gasteiger partial charge in [-0.05, 0) is 62.4 Å². The molecular weight excluding hydrogens is 469 g/mol. The van der Waals surface area contributed by atoms with Crippen LogP contribution in [0.4, 0.5) is 4.39 Å². The smallest absolute Gasteiger partial charge is 0.246 e. The summed E-state index contributed by atoms with van der Waals surface area (Å²) in [5, 5.41) is 7.07. The quantitative estimate of drug-likeness (QED) is 0.552. The van der Waals surface area contributed by atoms with Gasteiger partial charge in [-0.25, -0.2) is 4.39 Å². The number of benzene rings is 1. The first-order valence-corrected chi connectivity index (χ1v) is 13.9. The normalized spacial score (nSPS) is 26.5. The van der Waals surface area contributed by atoms with Gasteiger partial charge in [0.05, 0.1) is 12.1 Å². The third kappa shape index (κ3) is 4.78. The molecule has 2 aliphatic heterocycles. The number of nitrogens with zero attached hydrogens (tertiary/aromatic N) is 2. The number of rotatable bonds is 6. The molecule has 2 aromatic rings. The van der Waals surface area contributed by atoms with Gasteiger partial charge in [0.25, 0.3) is 0 Å². The SMILES string of the molecule is CN[C@@H](C)C(=O)N[C@H](C(=O)N1CC[C@@H]2[C@H]1[C@H](c1c[nH]c3cc(F)ccc13)CN2C1CCCC1)C(C)(C)C. The first kappa shape index (κ1) is 26.2. The lowest BCUT2D eigenvalue weighted by molar-refractivity contribution is -0.140. The fourth-order valence-electron chi connectivity index (χ4n) is 6.95. The molecule has 3 heterocycles. The van der Waals surface area contributed by atoms with E-state index in [4.69, 9.17) is 0 Å². The summed E-state index contributed by atoms with van der Waals surface area (Å²) in [6.07, 6.45) is 7.91. The minimum Gasteiger partial charge on any atom is -0.361 e. The first-order valence-electron chi connectivity index (χ1n) is 13.9. The number of likely N-dealkylation sites (tertiary alicyclic amines) is 2. The van der Waals surface area contributed by atoms with Gasteiger partial charge in [-0.2, -0.15) is 0 Å². The largest absolute Gasteiger partial charge is 0.361 e. The van der Waals surface area contributed by atoms with Crippen LogP contribution in [0.15, 0.2) is 24.4 Å². The zero-order valence-corrected chi connectivity index (χ0v) is 22.8. The van der Waals surface area contributed by atoms with Crippen LogP contribution in [0.3, 0.4) is 0 Å². The van der Waals surface area contributed by atoms with Gasteiger partial charge in [0.1, 0.15) is 11.9 Å². The minimum absolute atomic E-state index is 0.000751. The summed E-state index contributed by atoms with van der Waals surface area (Å²) < 4.78 is 13.9. The van der Waals surface area contributed by atoms with Crippen molar-refractivity contribution in [1.82, 2.24) is 25.4 Å². The highest BCUT2D eigenvalue weighted by molar-refractivity contribution is 5.91. The molecule has 7 nitrogen and oxygen atoms in total. The van der Waals surface area contributed by atoms with Gasteiger partial charge in [-0.1, -0.05) is 33.6 Å². The van der Waals surface area contributed by atoms with Crippen LogP contribution in [-0.2, 0) is 9.59 Å². The molecule has 2 saturated heterocycles. The molecule has 5 atom stereocenters. The van der Waals surface area contributed by atoms with Crippen molar-refractivity contribution in [3.05, 3.63) is 35.8 Å². The van der Waals surface area contributed by atoms with E-state index in [1.165, 1.54) is 31.7 Å². The van der Waals surface area contributed by atoms with E-state index in [0.29, 0.717) is 18.6 Å². The predicted octanol–water partition coefficient (Wildman–Crippen LogP) is 3.76. The maximum absolute atomic E-state index is 14.2. The van der Waals surface area contributed by atoms with Gasteiger partial charge in [-0.3, -0.25) is 14.5 Å². The van der Waals surface area contributed by atoms with Gasteiger partial charge >= 0.3 is 0 Å². The number of fused-ring (bicyclic) bond motifs is 2. The number of aromatic nitrogens is 1. The summed E-state index contributed by atoms with van der Waals surface area (Å²) in [4.78, 5) is 35.1. The van der Waals surface area contributed by atoms with E-state index in [2.05, 4.69) is 25.4 Å². The summed E-state index contributed by atoms with van der Waals surface area (Å²) in [7, 11) is 1.75. The molecule has 1 aromatic carbocycles. The summed E-state index contributed by atoms with van der Waals surface area (Å²) in [6, 6.07) is 4.82. The van der Waals surface area contributed by atoms with Crippen molar-refractivity contribution in [2.24, 2.45) is 5.41 Å². The Morgan fingerprint density at radius 2 is 1.89 bits per heavy atom. The van der Waals surface area contributed by atoms with Gasteiger partial charge in [-0.15, -0.1) is 0 Å². The second-order valence-corrected chi connectivity index (χ2v) is 12.4. The number of H-pyrrole nitrogens is 1. The summed E-state index contributed by atoms with van der Waals surface area (Å²) >= 11 is 0. The molecule has 1 aliphatic carbocycles. The van der Waals surface area contributed by atoms with Crippen LogP contribution in [0.5, 0.6) is 0 Å². The van der Waals surface area contributed by atoms with Gasteiger partial charge < -0.3 is 20.5 Å². The zero-order chi connectivity index (χ0) is 26.5. The van der Waals surface area contributed by atoms with E-state index >= 15 is 0 Å². The molecule has 3 fully saturated rings. The van der Waals surface area contributed by atoms with Crippen LogP contribution in [0.1, 0.15) is 71.3 Å². The Balaban J connectivity index is 1.50. The number of likely N-dealkylation sites (N-methyl/N-ethyl adjacent to an activating group) is 1. The molecule has 5 rings (SSSR count). The molecule has 1 saturated carbocycles. The Morgan fingerprint density at radius 1 is 1.16 bits per heavy atom. The van der Waals surface area contributed by atoms with Crippen LogP contribution in [0, 0.1) is 11.2 Å². The average molecular weight is 512 g/mol. The lowest BCUT2D eigenvalue weighted by Crippen LogP contribution is -2.59. The van der Waals surface area contributed by atoms with Crippen LogP contribution in [-0.4, -0.2) is 76.9 Å². The lowest BCUT2D eigenvalue weighted by Gasteiger charge is -2.37. The van der Waals surface area contributed by atoms with Crippen molar-refractivity contribution in [3.63, 3.8) is 0 Å². The standard InChI is InChI=1S/C29H42FN5O2/c1-17(31-5)27(36)33-26(29(2,3)4)28(37)34-13-12-24-25(34)22(16-35(24)19-8-6-7-9-19)21-15-32-23-14-18(30)10-11-20(21)23/h10-11,14-15,17,19,22,24-26,31-32H,6-9,12-13,16H2,1-5H3,(H,33,36)/t17-,22-,24+,25+,26+/m0/s1. The van der Waals surface area contributed by atoms with E-state index in [9.17, 15) is 14.0 Å². The maximum atomic E-state index is 14.2. The summed E-state index contributed by atoms with van der Waals surface area (Å²) in [5.74, 6) is -0.291. The van der Waals surface area contributed by atoms with Crippen molar-refractivity contribution in [2.75, 3.05) is 20.1 Å². The molecular formula is C29H42FN5O2. The van der Waals surface area contributed by atoms with Crippen LogP contribution in [0.25, 0.3) is 10.9 Å². The molecule has 1 aromatic heterocycles. The number of amides is 2. The molecule has 202 valence electrons. The Bertz CT molecular complexity index is 1150. The fourth-order valence-corrected chi connectivity index (χ4v) is 6.95. The zero-order valence-electron chi connectivity index (χ0n) is 22.8. The molecule has 8 heteroatoms. The molecule has 0 radical (unpaired) electrons. The Kier molecular flexibility index (Phi) is 7.09. The van der Waals surface area contributed by atoms with Crippen LogP contribution < -0.4 is 10.6 Å². The monoisotopic (exact) mass is 511 g/mol. The molecule has 3 aliphatic rings. The summed E-state index contributed by atoms with van der Waals surface area (Å²) in [5.41, 5.74) is 1.52. The molecule has 0 unspecified atom stereocenters. The van der Waals surface area contributed by atoms with Gasteiger partial charge in [0.2, 0.25) is 11.8 Å². The van der Waals surface area contributed by atoms with Crippen molar-refractivity contribution in [3.8, 4) is 0 Å². The van der Waals surface area contributed by atoms with Crippen molar-refractivity contribution >= 4 is 22.7 Å². The molecule has 0 bridgehead atoms. The average Bonchev–Trinajstić information content (AvgIpc) is 3.64. The summed E-state index contributed by atoms with van der Waals surface area (Å²) in [6.45, 7) is 9.43. The Labute approximate surface area is 219 Å². The van der Waals surface area contributed by atoms with Crippen LogP contribution >= 0.6 is 0 Å². The number of carbonyl (C=O) groups excluding carboxylic acids is 2. The molecule has 37 heavy (non-hydrogen) atoms. The predicted molar refractivity (Wildman–Crippen MR) is 144 cm³/mol. The van der Waals surface area contributed by atoms with Crippen molar-refractivity contribution in [1.29, 1.82) is 0 Å². The van der Waals surface area contributed by atoms with Crippen LogP contribution in [0.2, 0.25) is 0 Å². The third-order valence-electron chi connectivity index (χ3n) is 9.04. The molecule has 0 spiro atoms. The van der Waals surface area contributed by atoms with E-state index < -0.39 is 11.5 Å². The van der Waals surface area contributed by atoms with E-state index in [-0.39, 0.29) is 35.6 Å². The third-order valence-corrected chi connectivity index (χ3v) is 9.04. The second kappa shape index (κ2) is 10.0. The highest BCUT2D eigenvalue weighted by atomic mass is 19.1. The number of hydrogen-bond acceptors (Lipinski definition) is 4. The van der Waals surface area contributed by atoms with Gasteiger partial charge in [0.15, 0.2) is 0 Å². The number of hydrogen-bond donors (Lipinski definition) is 3. The number of aromatic amines is 1. The van der Waals surface area contributed by atoms with E-state index in [1.54, 1.807) is 20.0 Å². The van der Waals surface area contributed by atoms with E-state index in [1.807, 2.05) is 33.0 Å². The Hall–Kier alpha value is -2.45. The van der Waals surface area contributed by atoms with Crippen molar-refractivity contribution < 1.29 is 14.0 Å². The molecule has 2 amide bonds. The van der Waals surface area contributed by atoms with Gasteiger partial charge in [0, 0.05) is 48.2 Å². The fraction of sp³-hybridized carbons (Fsp3) is 0.655. The highest BCUT2D eigenvalue weighted by Crippen LogP contribution is 2.46. The highest BCUT2D eigenvalue weighted by Gasteiger charge is 2.54. The number of halogens is 1. The maximum Gasteiger partial charge on any atom is 0.246 e. The minimum atomic E-state index is -0.618. The Morgan fingerprint density at radius 3 is 2.57 bits per heavy atom. The number of nitrogens with one attached hydrogen (secondary N) is 3. The topological polar surface area (TPSA) is 80.5 Å². The van der Waals surface area contributed by atoms with Crippen molar-refractivity contribution in [2.45, 2.75) is 95.9 Å². The first-order chi connectivity index (χ1) is 17.6.